The van der Waals surface area contributed by atoms with Crippen molar-refractivity contribution in [3.05, 3.63) is 50.4 Å². The monoisotopic (exact) mass is 305 g/mol. The molecule has 2 heterocycles. The van der Waals surface area contributed by atoms with E-state index in [1.165, 1.54) is 12.1 Å². The number of H-pyrrole nitrogens is 1. The molecule has 0 amide bonds. The van der Waals surface area contributed by atoms with Crippen molar-refractivity contribution in [2.45, 2.75) is 6.54 Å². The molecule has 0 unspecified atom stereocenters. The zero-order chi connectivity index (χ0) is 15.5. The maximum Gasteiger partial charge on any atom is 0.362 e. The lowest BCUT2D eigenvalue weighted by Gasteiger charge is -2.25. The molecule has 3 rings (SSSR count). The summed E-state index contributed by atoms with van der Waals surface area (Å²) in [5.74, 6) is 0. The van der Waals surface area contributed by atoms with Crippen LogP contribution in [0.25, 0.3) is 11.3 Å². The second kappa shape index (κ2) is 6.12. The van der Waals surface area contributed by atoms with Gasteiger partial charge in [0.05, 0.1) is 29.4 Å². The van der Waals surface area contributed by atoms with Crippen LogP contribution in [0.3, 0.4) is 0 Å². The zero-order valence-electron chi connectivity index (χ0n) is 11.8. The highest BCUT2D eigenvalue weighted by molar-refractivity contribution is 5.63. The van der Waals surface area contributed by atoms with Crippen LogP contribution in [0.4, 0.5) is 5.69 Å². The lowest BCUT2D eigenvalue weighted by molar-refractivity contribution is -0.384. The van der Waals surface area contributed by atoms with Gasteiger partial charge >= 0.3 is 5.63 Å². The van der Waals surface area contributed by atoms with Crippen LogP contribution < -0.4 is 5.63 Å². The molecule has 8 nitrogen and oxygen atoms in total. The van der Waals surface area contributed by atoms with Crippen LogP contribution in [-0.2, 0) is 11.3 Å². The van der Waals surface area contributed by atoms with E-state index in [2.05, 4.69) is 10.1 Å². The summed E-state index contributed by atoms with van der Waals surface area (Å²) in [5, 5.41) is 13.3. The van der Waals surface area contributed by atoms with Crippen LogP contribution >= 0.6 is 0 Å². The van der Waals surface area contributed by atoms with Crippen LogP contribution in [-0.4, -0.2) is 41.3 Å². The van der Waals surface area contributed by atoms with Gasteiger partial charge in [-0.15, -0.1) is 0 Å². The molecule has 0 radical (unpaired) electrons. The van der Waals surface area contributed by atoms with Crippen molar-refractivity contribution in [2.24, 2.45) is 0 Å². The normalized spacial score (nSPS) is 15.8. The van der Waals surface area contributed by atoms with Crippen molar-refractivity contribution < 1.29 is 14.2 Å². The van der Waals surface area contributed by atoms with E-state index < -0.39 is 10.5 Å². The molecule has 22 heavy (non-hydrogen) atoms. The van der Waals surface area contributed by atoms with Gasteiger partial charge in [0.1, 0.15) is 0 Å². The van der Waals surface area contributed by atoms with Crippen LogP contribution in [0.1, 0.15) is 5.56 Å². The molecule has 1 aromatic heterocycles. The molecule has 8 heteroatoms. The molecule has 116 valence electrons. The number of benzene rings is 1. The maximum absolute atomic E-state index is 11.9. The number of nitrogens with one attached hydrogen (secondary N) is 1. The number of nitrogens with zero attached hydrogens (tertiary/aromatic N) is 2. The Bertz CT molecular complexity index is 713. The highest BCUT2D eigenvalue weighted by Crippen LogP contribution is 2.23. The summed E-state index contributed by atoms with van der Waals surface area (Å²) in [6.45, 7) is 3.25. The lowest BCUT2D eigenvalue weighted by Crippen LogP contribution is -2.36. The topological polar surface area (TPSA) is 102 Å². The summed E-state index contributed by atoms with van der Waals surface area (Å²) < 4.78 is 10.2. The second-order valence-electron chi connectivity index (χ2n) is 5.04. The maximum atomic E-state index is 11.9. The summed E-state index contributed by atoms with van der Waals surface area (Å²) >= 11 is 0. The first-order chi connectivity index (χ1) is 10.6. The predicted octanol–water partition coefficient (Wildman–Crippen LogP) is 1.38. The minimum atomic E-state index is -0.462. The molecular weight excluding hydrogens is 290 g/mol. The molecule has 0 bridgehead atoms. The zero-order valence-corrected chi connectivity index (χ0v) is 11.8. The minimum Gasteiger partial charge on any atom is -0.379 e. The van der Waals surface area contributed by atoms with Crippen molar-refractivity contribution >= 4 is 5.69 Å². The Labute approximate surface area is 125 Å². The first kappa shape index (κ1) is 14.5. The molecular formula is C14H15N3O5. The molecule has 1 saturated heterocycles. The number of morpholine rings is 1. The molecule has 1 aliphatic heterocycles. The minimum absolute atomic E-state index is 0.00400. The third-order valence-electron chi connectivity index (χ3n) is 3.65. The van der Waals surface area contributed by atoms with E-state index in [1.54, 1.807) is 12.1 Å². The second-order valence-corrected chi connectivity index (χ2v) is 5.04. The third kappa shape index (κ3) is 2.92. The lowest BCUT2D eigenvalue weighted by atomic mass is 10.1. The fraction of sp³-hybridized carbons (Fsp3) is 0.357. The van der Waals surface area contributed by atoms with Gasteiger partial charge in [0, 0.05) is 37.3 Å². The summed E-state index contributed by atoms with van der Waals surface area (Å²) in [6, 6.07) is 6.00. The summed E-state index contributed by atoms with van der Waals surface area (Å²) in [4.78, 5) is 24.2. The number of aromatic nitrogens is 1. The van der Waals surface area contributed by atoms with E-state index in [1.807, 2.05) is 0 Å². The Hall–Kier alpha value is -2.45. The van der Waals surface area contributed by atoms with E-state index in [9.17, 15) is 14.9 Å². The fourth-order valence-electron chi connectivity index (χ4n) is 2.43. The van der Waals surface area contributed by atoms with Crippen molar-refractivity contribution in [1.82, 2.24) is 10.1 Å². The first-order valence-electron chi connectivity index (χ1n) is 6.90. The molecule has 0 saturated carbocycles. The van der Waals surface area contributed by atoms with Crippen molar-refractivity contribution in [1.29, 1.82) is 0 Å². The SMILES string of the molecule is O=c1o[nH]c(-c2ccc([N+](=O)[O-])cc2)c1CN1CCOCC1. The molecule has 0 aliphatic carbocycles. The quantitative estimate of drug-likeness (QED) is 0.676. The van der Waals surface area contributed by atoms with Gasteiger partial charge in [-0.1, -0.05) is 0 Å². The van der Waals surface area contributed by atoms with Crippen LogP contribution in [0.2, 0.25) is 0 Å². The average molecular weight is 305 g/mol. The number of nitro benzene ring substituents is 1. The van der Waals surface area contributed by atoms with E-state index in [0.29, 0.717) is 36.6 Å². The van der Waals surface area contributed by atoms with Gasteiger partial charge in [0.25, 0.3) is 5.69 Å². The fourth-order valence-corrected chi connectivity index (χ4v) is 2.43. The summed E-state index contributed by atoms with van der Waals surface area (Å²) in [6.07, 6.45) is 0. The molecule has 0 atom stereocenters. The number of hydrogen-bond donors (Lipinski definition) is 1. The third-order valence-corrected chi connectivity index (χ3v) is 3.65. The smallest absolute Gasteiger partial charge is 0.362 e. The average Bonchev–Trinajstić information content (AvgIpc) is 2.89. The highest BCUT2D eigenvalue weighted by atomic mass is 16.6. The first-order valence-corrected chi connectivity index (χ1v) is 6.90. The van der Waals surface area contributed by atoms with Crippen LogP contribution in [0.5, 0.6) is 0 Å². The number of non-ortho nitro benzene ring substituents is 1. The van der Waals surface area contributed by atoms with E-state index in [-0.39, 0.29) is 5.69 Å². The Morgan fingerprint density at radius 3 is 2.55 bits per heavy atom. The summed E-state index contributed by atoms with van der Waals surface area (Å²) in [5.41, 5.74) is 1.35. The Balaban J connectivity index is 1.87. The van der Waals surface area contributed by atoms with Gasteiger partial charge in [0.15, 0.2) is 0 Å². The number of ether oxygens (including phenoxy) is 1. The molecule has 2 aromatic rings. The van der Waals surface area contributed by atoms with E-state index >= 15 is 0 Å². The standard InChI is InChI=1S/C14H15N3O5/c18-14-12(9-16-5-7-21-8-6-16)13(15-22-14)10-1-3-11(4-2-10)17(19)20/h1-4,15H,5-9H2. The predicted molar refractivity (Wildman–Crippen MR) is 77.5 cm³/mol. The molecule has 1 aliphatic rings. The van der Waals surface area contributed by atoms with Gasteiger partial charge in [-0.05, 0) is 12.1 Å². The van der Waals surface area contributed by atoms with Gasteiger partial charge < -0.3 is 9.26 Å². The molecule has 1 fully saturated rings. The molecule has 1 aromatic carbocycles. The molecule has 1 N–H and O–H groups in total. The van der Waals surface area contributed by atoms with Crippen molar-refractivity contribution in [2.75, 3.05) is 26.3 Å². The number of rotatable bonds is 4. The van der Waals surface area contributed by atoms with Crippen molar-refractivity contribution in [3.63, 3.8) is 0 Å². The largest absolute Gasteiger partial charge is 0.379 e. The number of hydrogen-bond acceptors (Lipinski definition) is 6. The van der Waals surface area contributed by atoms with Crippen molar-refractivity contribution in [3.8, 4) is 11.3 Å². The Kier molecular flexibility index (Phi) is 4.03. The Morgan fingerprint density at radius 1 is 1.23 bits per heavy atom. The number of nitro groups is 1. The van der Waals surface area contributed by atoms with Gasteiger partial charge in [0.2, 0.25) is 0 Å². The van der Waals surface area contributed by atoms with Crippen LogP contribution in [0.15, 0.2) is 33.6 Å². The van der Waals surface area contributed by atoms with Crippen LogP contribution in [0, 0.1) is 10.1 Å². The summed E-state index contributed by atoms with van der Waals surface area (Å²) in [7, 11) is 0. The highest BCUT2D eigenvalue weighted by Gasteiger charge is 2.19. The molecule has 0 spiro atoms. The van der Waals surface area contributed by atoms with Gasteiger partial charge in [-0.3, -0.25) is 15.0 Å². The Morgan fingerprint density at radius 2 is 1.91 bits per heavy atom. The number of aromatic amines is 1. The van der Waals surface area contributed by atoms with Gasteiger partial charge in [-0.25, -0.2) is 9.95 Å². The van der Waals surface area contributed by atoms with E-state index in [0.717, 1.165) is 13.1 Å². The van der Waals surface area contributed by atoms with Gasteiger partial charge in [-0.2, -0.15) is 0 Å². The van der Waals surface area contributed by atoms with E-state index in [4.69, 9.17) is 9.26 Å².